The number of benzene rings is 1. The van der Waals surface area contributed by atoms with Gasteiger partial charge in [0.1, 0.15) is 0 Å². The van der Waals surface area contributed by atoms with Crippen molar-refractivity contribution in [3.05, 3.63) is 34.3 Å². The molecule has 1 aromatic carbocycles. The lowest BCUT2D eigenvalue weighted by atomic mass is 9.77. The van der Waals surface area contributed by atoms with E-state index in [-0.39, 0.29) is 0 Å². The van der Waals surface area contributed by atoms with Crippen molar-refractivity contribution in [2.75, 3.05) is 13.1 Å². The maximum Gasteiger partial charge on any atom is 0.0898 e. The Bertz CT molecular complexity index is 471. The molecule has 1 atom stereocenters. The van der Waals surface area contributed by atoms with Gasteiger partial charge in [0.05, 0.1) is 5.60 Å². The van der Waals surface area contributed by atoms with E-state index in [2.05, 4.69) is 20.8 Å². The van der Waals surface area contributed by atoms with E-state index in [0.29, 0.717) is 12.1 Å². The molecule has 0 amide bonds. The molecule has 0 bridgehead atoms. The van der Waals surface area contributed by atoms with Gasteiger partial charge in [-0.2, -0.15) is 0 Å². The lowest BCUT2D eigenvalue weighted by Crippen LogP contribution is -2.42. The Morgan fingerprint density at radius 2 is 2.00 bits per heavy atom. The first-order valence-electron chi connectivity index (χ1n) is 7.55. The number of aliphatic hydroxyl groups is 1. The van der Waals surface area contributed by atoms with Gasteiger partial charge in [-0.25, -0.2) is 0 Å². The second kappa shape index (κ2) is 5.76. The van der Waals surface area contributed by atoms with Crippen molar-refractivity contribution >= 4 is 15.9 Å². The molecule has 1 aliphatic heterocycles. The standard InChI is InChI=1S/C16H23BrN2O/c17-13-3-1-2-12(10-13)16(20)7-4-15(5-8-16)19-9-6-14(18)11-19/h1-3,10,14-15,20H,4-9,11,18H2/t14-,15?,16?/m1/s1. The molecule has 1 aromatic rings. The van der Waals surface area contributed by atoms with Gasteiger partial charge in [-0.05, 0) is 49.8 Å². The molecule has 1 aliphatic carbocycles. The first-order chi connectivity index (χ1) is 9.57. The van der Waals surface area contributed by atoms with E-state index in [4.69, 9.17) is 5.73 Å². The van der Waals surface area contributed by atoms with E-state index in [0.717, 1.165) is 55.2 Å². The molecular formula is C16H23BrN2O. The molecule has 0 radical (unpaired) electrons. The van der Waals surface area contributed by atoms with Crippen LogP contribution in [0.15, 0.2) is 28.7 Å². The predicted octanol–water partition coefficient (Wildman–Crippen LogP) is 2.61. The highest BCUT2D eigenvalue weighted by Crippen LogP contribution is 2.39. The number of nitrogens with zero attached hydrogens (tertiary/aromatic N) is 1. The van der Waals surface area contributed by atoms with Crippen LogP contribution in [-0.4, -0.2) is 35.2 Å². The van der Waals surface area contributed by atoms with Crippen LogP contribution in [0.1, 0.15) is 37.7 Å². The SMILES string of the molecule is N[C@@H]1CCN(C2CCC(O)(c3cccc(Br)c3)CC2)C1. The summed E-state index contributed by atoms with van der Waals surface area (Å²) >= 11 is 3.49. The van der Waals surface area contributed by atoms with E-state index in [1.54, 1.807) is 0 Å². The molecule has 20 heavy (non-hydrogen) atoms. The summed E-state index contributed by atoms with van der Waals surface area (Å²) in [5.74, 6) is 0. The summed E-state index contributed by atoms with van der Waals surface area (Å²) in [5, 5.41) is 10.9. The van der Waals surface area contributed by atoms with Crippen molar-refractivity contribution in [2.45, 2.75) is 49.8 Å². The topological polar surface area (TPSA) is 49.5 Å². The quantitative estimate of drug-likeness (QED) is 0.871. The van der Waals surface area contributed by atoms with Gasteiger partial charge in [0.2, 0.25) is 0 Å². The first kappa shape index (κ1) is 14.5. The van der Waals surface area contributed by atoms with Gasteiger partial charge in [-0.1, -0.05) is 28.1 Å². The largest absolute Gasteiger partial charge is 0.385 e. The zero-order chi connectivity index (χ0) is 14.2. The zero-order valence-corrected chi connectivity index (χ0v) is 13.3. The molecule has 2 aliphatic rings. The number of likely N-dealkylation sites (tertiary alicyclic amines) is 1. The lowest BCUT2D eigenvalue weighted by Gasteiger charge is -2.40. The minimum Gasteiger partial charge on any atom is -0.385 e. The average Bonchev–Trinajstić information content (AvgIpc) is 2.86. The van der Waals surface area contributed by atoms with Gasteiger partial charge in [-0.15, -0.1) is 0 Å². The molecule has 1 saturated heterocycles. The number of nitrogens with two attached hydrogens (primary N) is 1. The van der Waals surface area contributed by atoms with Crippen LogP contribution in [0.4, 0.5) is 0 Å². The Morgan fingerprint density at radius 1 is 1.25 bits per heavy atom. The van der Waals surface area contributed by atoms with Crippen LogP contribution >= 0.6 is 15.9 Å². The third-order valence-electron chi connectivity index (χ3n) is 4.92. The Kier molecular flexibility index (Phi) is 4.18. The van der Waals surface area contributed by atoms with Crippen molar-refractivity contribution < 1.29 is 5.11 Å². The van der Waals surface area contributed by atoms with Crippen molar-refractivity contribution in [2.24, 2.45) is 5.73 Å². The van der Waals surface area contributed by atoms with Gasteiger partial charge >= 0.3 is 0 Å². The highest BCUT2D eigenvalue weighted by atomic mass is 79.9. The average molecular weight is 339 g/mol. The zero-order valence-electron chi connectivity index (χ0n) is 11.8. The fourth-order valence-electron chi connectivity index (χ4n) is 3.66. The smallest absolute Gasteiger partial charge is 0.0898 e. The molecule has 1 heterocycles. The molecule has 1 saturated carbocycles. The third-order valence-corrected chi connectivity index (χ3v) is 5.41. The molecule has 110 valence electrons. The molecular weight excluding hydrogens is 316 g/mol. The Hall–Kier alpha value is -0.420. The van der Waals surface area contributed by atoms with Gasteiger partial charge in [0.15, 0.2) is 0 Å². The first-order valence-corrected chi connectivity index (χ1v) is 8.34. The van der Waals surface area contributed by atoms with Crippen LogP contribution in [0.5, 0.6) is 0 Å². The van der Waals surface area contributed by atoms with Crippen LogP contribution < -0.4 is 5.73 Å². The van der Waals surface area contributed by atoms with Crippen LogP contribution in [0.25, 0.3) is 0 Å². The minimum absolute atomic E-state index is 0.348. The summed E-state index contributed by atoms with van der Waals surface area (Å²) in [6.07, 6.45) is 4.94. The molecule has 3 N–H and O–H groups in total. The maximum absolute atomic E-state index is 10.9. The summed E-state index contributed by atoms with van der Waals surface area (Å²) in [6.45, 7) is 2.15. The van der Waals surface area contributed by atoms with Gasteiger partial charge in [0, 0.05) is 29.6 Å². The summed E-state index contributed by atoms with van der Waals surface area (Å²) in [5.41, 5.74) is 6.39. The van der Waals surface area contributed by atoms with Crippen molar-refractivity contribution in [3.8, 4) is 0 Å². The van der Waals surface area contributed by atoms with Gasteiger partial charge < -0.3 is 10.8 Å². The highest BCUT2D eigenvalue weighted by molar-refractivity contribution is 9.10. The Labute approximate surface area is 129 Å². The fourth-order valence-corrected chi connectivity index (χ4v) is 4.06. The number of hydrogen-bond acceptors (Lipinski definition) is 3. The van der Waals surface area contributed by atoms with Crippen LogP contribution in [0.3, 0.4) is 0 Å². The lowest BCUT2D eigenvalue weighted by molar-refractivity contribution is -0.0223. The van der Waals surface area contributed by atoms with E-state index in [9.17, 15) is 5.11 Å². The van der Waals surface area contributed by atoms with Gasteiger partial charge in [-0.3, -0.25) is 4.90 Å². The van der Waals surface area contributed by atoms with E-state index in [1.807, 2.05) is 24.3 Å². The summed E-state index contributed by atoms with van der Waals surface area (Å²) in [4.78, 5) is 2.52. The molecule has 4 heteroatoms. The van der Waals surface area contributed by atoms with Crippen molar-refractivity contribution in [3.63, 3.8) is 0 Å². The van der Waals surface area contributed by atoms with E-state index >= 15 is 0 Å². The third kappa shape index (κ3) is 2.93. The monoisotopic (exact) mass is 338 g/mol. The number of hydrogen-bond donors (Lipinski definition) is 2. The van der Waals surface area contributed by atoms with E-state index < -0.39 is 5.60 Å². The number of halogens is 1. The predicted molar refractivity (Wildman–Crippen MR) is 84.5 cm³/mol. The van der Waals surface area contributed by atoms with Crippen molar-refractivity contribution in [1.82, 2.24) is 4.90 Å². The minimum atomic E-state index is -0.651. The summed E-state index contributed by atoms with van der Waals surface area (Å²) in [7, 11) is 0. The summed E-state index contributed by atoms with van der Waals surface area (Å²) in [6, 6.07) is 9.05. The molecule has 2 fully saturated rings. The van der Waals surface area contributed by atoms with E-state index in [1.165, 1.54) is 0 Å². The summed E-state index contributed by atoms with van der Waals surface area (Å²) < 4.78 is 1.04. The normalized spacial score (nSPS) is 35.4. The highest BCUT2D eigenvalue weighted by Gasteiger charge is 2.37. The number of rotatable bonds is 2. The molecule has 0 aromatic heterocycles. The van der Waals surface area contributed by atoms with Crippen LogP contribution in [0, 0.1) is 0 Å². The van der Waals surface area contributed by atoms with Crippen LogP contribution in [0.2, 0.25) is 0 Å². The molecule has 0 spiro atoms. The Morgan fingerprint density at radius 3 is 2.60 bits per heavy atom. The van der Waals surface area contributed by atoms with Crippen molar-refractivity contribution in [1.29, 1.82) is 0 Å². The Balaban J connectivity index is 1.65. The van der Waals surface area contributed by atoms with Gasteiger partial charge in [0.25, 0.3) is 0 Å². The fraction of sp³-hybridized carbons (Fsp3) is 0.625. The molecule has 3 nitrogen and oxygen atoms in total. The van der Waals surface area contributed by atoms with Crippen LogP contribution in [-0.2, 0) is 5.60 Å². The molecule has 3 rings (SSSR count). The second-order valence-corrected chi connectivity index (χ2v) is 7.23. The molecule has 0 unspecified atom stereocenters. The maximum atomic E-state index is 10.9. The second-order valence-electron chi connectivity index (χ2n) is 6.32.